The summed E-state index contributed by atoms with van der Waals surface area (Å²) >= 11 is 0. The maximum atomic E-state index is 12.8. The number of pyridine rings is 1. The molecule has 0 atom stereocenters. The van der Waals surface area contributed by atoms with E-state index in [1.54, 1.807) is 33.8 Å². The molecule has 0 radical (unpaired) electrons. The number of amides is 1. The van der Waals surface area contributed by atoms with Gasteiger partial charge in [0.15, 0.2) is 17.2 Å². The number of imidazole rings is 1. The van der Waals surface area contributed by atoms with Crippen molar-refractivity contribution in [3.63, 3.8) is 0 Å². The van der Waals surface area contributed by atoms with E-state index in [2.05, 4.69) is 4.98 Å². The van der Waals surface area contributed by atoms with E-state index in [4.69, 9.17) is 0 Å². The Morgan fingerprint density at radius 2 is 2.08 bits per heavy atom. The molecule has 1 aliphatic rings. The van der Waals surface area contributed by atoms with Gasteiger partial charge in [-0.3, -0.25) is 9.59 Å². The first kappa shape index (κ1) is 14.4. The van der Waals surface area contributed by atoms with Gasteiger partial charge in [0.1, 0.15) is 5.69 Å². The molecule has 3 heterocycles. The van der Waals surface area contributed by atoms with Crippen molar-refractivity contribution in [2.75, 3.05) is 11.4 Å². The lowest BCUT2D eigenvalue weighted by Crippen LogP contribution is -2.29. The van der Waals surface area contributed by atoms with Gasteiger partial charge < -0.3 is 14.4 Å². The predicted molar refractivity (Wildman–Crippen MR) is 88.7 cm³/mol. The number of nitrogens with zero attached hydrogens (tertiary/aromatic N) is 3. The van der Waals surface area contributed by atoms with Crippen molar-refractivity contribution in [2.24, 2.45) is 0 Å². The van der Waals surface area contributed by atoms with E-state index in [9.17, 15) is 14.7 Å². The number of carbonyl (C=O) groups is 2. The van der Waals surface area contributed by atoms with Crippen molar-refractivity contribution in [1.29, 1.82) is 0 Å². The Morgan fingerprint density at radius 3 is 2.83 bits per heavy atom. The van der Waals surface area contributed by atoms with Crippen molar-refractivity contribution < 1.29 is 14.7 Å². The van der Waals surface area contributed by atoms with Crippen LogP contribution in [-0.2, 0) is 6.42 Å². The van der Waals surface area contributed by atoms with Gasteiger partial charge >= 0.3 is 0 Å². The van der Waals surface area contributed by atoms with E-state index in [0.717, 1.165) is 11.3 Å². The van der Waals surface area contributed by atoms with Crippen LogP contribution in [-0.4, -0.2) is 32.7 Å². The van der Waals surface area contributed by atoms with Crippen LogP contribution in [0.3, 0.4) is 0 Å². The van der Waals surface area contributed by atoms with E-state index >= 15 is 0 Å². The molecule has 2 aromatic heterocycles. The minimum Gasteiger partial charge on any atom is -0.504 e. The highest BCUT2D eigenvalue weighted by Crippen LogP contribution is 2.30. The number of carbonyl (C=O) groups excluding carboxylic acids is 2. The molecular formula is C18H15N3O3. The number of aromatic hydroxyl groups is 1. The van der Waals surface area contributed by atoms with Gasteiger partial charge in [0.2, 0.25) is 0 Å². The number of aromatic nitrogens is 2. The summed E-state index contributed by atoms with van der Waals surface area (Å²) in [6.45, 7) is 2.08. The standard InChI is InChI=1S/C18H15N3O3/c1-11(22)12-4-5-15-13(9-12)6-8-21(15)18(24)14-10-20-7-2-3-16(23)17(20)19-14/h2-5,7,9-10,23H,6,8H2,1H3. The summed E-state index contributed by atoms with van der Waals surface area (Å²) in [5.74, 6) is -0.171. The van der Waals surface area contributed by atoms with Gasteiger partial charge in [0, 0.05) is 30.2 Å². The van der Waals surface area contributed by atoms with Gasteiger partial charge in [0.25, 0.3) is 5.91 Å². The van der Waals surface area contributed by atoms with Gasteiger partial charge in [-0.25, -0.2) is 4.98 Å². The summed E-state index contributed by atoms with van der Waals surface area (Å²) in [4.78, 5) is 30.2. The van der Waals surface area contributed by atoms with Gasteiger partial charge in [-0.15, -0.1) is 0 Å². The van der Waals surface area contributed by atoms with Gasteiger partial charge in [0.05, 0.1) is 0 Å². The van der Waals surface area contributed by atoms with Crippen molar-refractivity contribution >= 4 is 23.0 Å². The van der Waals surface area contributed by atoms with Crippen LogP contribution in [0.1, 0.15) is 33.3 Å². The highest BCUT2D eigenvalue weighted by molar-refractivity contribution is 6.07. The Labute approximate surface area is 138 Å². The third-order valence-corrected chi connectivity index (χ3v) is 4.31. The maximum absolute atomic E-state index is 12.8. The number of benzene rings is 1. The van der Waals surface area contributed by atoms with Crippen molar-refractivity contribution in [1.82, 2.24) is 9.38 Å². The molecule has 1 aromatic carbocycles. The zero-order chi connectivity index (χ0) is 16.8. The van der Waals surface area contributed by atoms with Gasteiger partial charge in [-0.05, 0) is 49.2 Å². The third-order valence-electron chi connectivity index (χ3n) is 4.31. The van der Waals surface area contributed by atoms with Crippen molar-refractivity contribution in [3.8, 4) is 5.75 Å². The Hall–Kier alpha value is -3.15. The second-order valence-electron chi connectivity index (χ2n) is 5.86. The molecular weight excluding hydrogens is 306 g/mol. The number of ketones is 1. The first-order chi connectivity index (χ1) is 11.5. The lowest BCUT2D eigenvalue weighted by Gasteiger charge is -2.16. The Bertz CT molecular complexity index is 990. The molecule has 6 heteroatoms. The largest absolute Gasteiger partial charge is 0.504 e. The molecule has 6 nitrogen and oxygen atoms in total. The zero-order valence-corrected chi connectivity index (χ0v) is 13.1. The highest BCUT2D eigenvalue weighted by atomic mass is 16.3. The van der Waals surface area contributed by atoms with Crippen LogP contribution >= 0.6 is 0 Å². The fourth-order valence-corrected chi connectivity index (χ4v) is 3.07. The molecule has 0 bridgehead atoms. The second-order valence-corrected chi connectivity index (χ2v) is 5.86. The SMILES string of the molecule is CC(=O)c1ccc2c(c1)CCN2C(=O)c1cn2cccc(O)c2n1. The minimum atomic E-state index is -0.215. The van der Waals surface area contributed by atoms with E-state index in [-0.39, 0.29) is 23.1 Å². The molecule has 1 amide bonds. The molecule has 0 unspecified atom stereocenters. The van der Waals surface area contributed by atoms with E-state index in [1.807, 2.05) is 12.1 Å². The third kappa shape index (κ3) is 2.15. The summed E-state index contributed by atoms with van der Waals surface area (Å²) in [6.07, 6.45) is 4.05. The van der Waals surface area contributed by atoms with Crippen LogP contribution < -0.4 is 4.90 Å². The van der Waals surface area contributed by atoms with Gasteiger partial charge in [-0.1, -0.05) is 0 Å². The Kier molecular flexibility index (Phi) is 3.13. The molecule has 0 saturated heterocycles. The lowest BCUT2D eigenvalue weighted by atomic mass is 10.1. The number of rotatable bonds is 2. The molecule has 0 saturated carbocycles. The summed E-state index contributed by atoms with van der Waals surface area (Å²) in [5.41, 5.74) is 3.09. The molecule has 0 spiro atoms. The summed E-state index contributed by atoms with van der Waals surface area (Å²) < 4.78 is 1.62. The second kappa shape index (κ2) is 5.19. The minimum absolute atomic E-state index is 0.0124. The van der Waals surface area contributed by atoms with Crippen LogP contribution in [0.2, 0.25) is 0 Å². The lowest BCUT2D eigenvalue weighted by molar-refractivity contribution is 0.0983. The smallest absolute Gasteiger partial charge is 0.278 e. The molecule has 0 fully saturated rings. The first-order valence-electron chi connectivity index (χ1n) is 7.67. The average molecular weight is 321 g/mol. The number of hydrogen-bond acceptors (Lipinski definition) is 4. The number of Topliss-reactive ketones (excluding diaryl/α,β-unsaturated/α-hetero) is 1. The fraction of sp³-hybridized carbons (Fsp3) is 0.167. The van der Waals surface area contributed by atoms with Crippen molar-refractivity contribution in [3.05, 3.63) is 59.5 Å². The fourth-order valence-electron chi connectivity index (χ4n) is 3.07. The van der Waals surface area contributed by atoms with Crippen LogP contribution in [0.4, 0.5) is 5.69 Å². The van der Waals surface area contributed by atoms with Crippen molar-refractivity contribution in [2.45, 2.75) is 13.3 Å². The van der Waals surface area contributed by atoms with Crippen LogP contribution in [0.15, 0.2) is 42.7 Å². The molecule has 1 N–H and O–H groups in total. The van der Waals surface area contributed by atoms with E-state index in [0.29, 0.717) is 24.2 Å². The predicted octanol–water partition coefficient (Wildman–Crippen LogP) is 2.45. The summed E-state index contributed by atoms with van der Waals surface area (Å²) in [7, 11) is 0. The van der Waals surface area contributed by atoms with E-state index in [1.165, 1.54) is 13.0 Å². The topological polar surface area (TPSA) is 74.9 Å². The zero-order valence-electron chi connectivity index (χ0n) is 13.1. The number of fused-ring (bicyclic) bond motifs is 2. The Balaban J connectivity index is 1.71. The van der Waals surface area contributed by atoms with E-state index < -0.39 is 0 Å². The highest BCUT2D eigenvalue weighted by Gasteiger charge is 2.27. The molecule has 0 aliphatic carbocycles. The monoisotopic (exact) mass is 321 g/mol. The first-order valence-corrected chi connectivity index (χ1v) is 7.67. The maximum Gasteiger partial charge on any atom is 0.278 e. The normalized spacial score (nSPS) is 13.3. The quantitative estimate of drug-likeness (QED) is 0.736. The van der Waals surface area contributed by atoms with Gasteiger partial charge in [-0.2, -0.15) is 0 Å². The van der Waals surface area contributed by atoms with Crippen LogP contribution in [0, 0.1) is 0 Å². The molecule has 120 valence electrons. The molecule has 4 rings (SSSR count). The molecule has 1 aliphatic heterocycles. The number of hydrogen-bond donors (Lipinski definition) is 1. The molecule has 24 heavy (non-hydrogen) atoms. The number of anilines is 1. The Morgan fingerprint density at radius 1 is 1.25 bits per heavy atom. The van der Waals surface area contributed by atoms with Crippen LogP contribution in [0.25, 0.3) is 5.65 Å². The average Bonchev–Trinajstić information content (AvgIpc) is 3.18. The van der Waals surface area contributed by atoms with Crippen LogP contribution in [0.5, 0.6) is 5.75 Å². The summed E-state index contributed by atoms with van der Waals surface area (Å²) in [5, 5.41) is 9.83. The molecule has 3 aromatic rings. The summed E-state index contributed by atoms with van der Waals surface area (Å²) in [6, 6.07) is 8.62.